The van der Waals surface area contributed by atoms with Gasteiger partial charge in [-0.2, -0.15) is 5.10 Å². The third-order valence-corrected chi connectivity index (χ3v) is 3.09. The van der Waals surface area contributed by atoms with Gasteiger partial charge in [0.05, 0.1) is 26.0 Å². The van der Waals surface area contributed by atoms with Gasteiger partial charge in [-0.25, -0.2) is 5.43 Å². The molecule has 7 heteroatoms. The minimum Gasteiger partial charge on any atom is -0.502 e. The van der Waals surface area contributed by atoms with Crippen LogP contribution in [0.3, 0.4) is 0 Å². The highest BCUT2D eigenvalue weighted by Gasteiger charge is 2.11. The average Bonchev–Trinajstić information content (AvgIpc) is 2.56. The fourth-order valence-electron chi connectivity index (χ4n) is 1.92. The Morgan fingerprint density at radius 1 is 1.22 bits per heavy atom. The number of phenolic OH excluding ortho intramolecular Hbond substituents is 1. The Hall–Kier alpha value is -3.22. The van der Waals surface area contributed by atoms with Crippen LogP contribution in [0.5, 0.6) is 17.2 Å². The number of nitrogens with one attached hydrogen (secondary N) is 1. The minimum atomic E-state index is -0.419. The van der Waals surface area contributed by atoms with Crippen molar-refractivity contribution in [2.45, 2.75) is 0 Å². The Morgan fingerprint density at radius 2 is 1.83 bits per heavy atom. The number of carbonyl (C=O) groups is 1. The fourth-order valence-corrected chi connectivity index (χ4v) is 1.92. The van der Waals surface area contributed by atoms with Crippen LogP contribution in [0.4, 0.5) is 5.69 Å². The standard InChI is InChI=1S/C16H17N3O4/c1-22-13-7-10(8-14(23-2)15(13)20)9-18-19-16(21)11-5-3-4-6-12(11)17/h3-9,20H,17H2,1-2H3,(H,19,21)/b18-9-. The van der Waals surface area contributed by atoms with Crippen molar-refractivity contribution in [3.05, 3.63) is 47.5 Å². The van der Waals surface area contributed by atoms with E-state index in [4.69, 9.17) is 15.2 Å². The molecule has 0 aliphatic carbocycles. The first-order chi connectivity index (χ1) is 11.1. The minimum absolute atomic E-state index is 0.103. The first-order valence-corrected chi connectivity index (χ1v) is 6.69. The maximum atomic E-state index is 12.0. The predicted molar refractivity (Wildman–Crippen MR) is 87.1 cm³/mol. The van der Waals surface area contributed by atoms with E-state index in [9.17, 15) is 9.90 Å². The maximum Gasteiger partial charge on any atom is 0.273 e. The van der Waals surface area contributed by atoms with Crippen molar-refractivity contribution in [2.24, 2.45) is 5.10 Å². The first kappa shape index (κ1) is 16.2. The number of benzene rings is 2. The van der Waals surface area contributed by atoms with Crippen LogP contribution in [0.2, 0.25) is 0 Å². The summed E-state index contributed by atoms with van der Waals surface area (Å²) in [5.74, 6) is -0.0424. The summed E-state index contributed by atoms with van der Waals surface area (Å²) in [6, 6.07) is 9.81. The van der Waals surface area contributed by atoms with Crippen LogP contribution in [0.25, 0.3) is 0 Å². The van der Waals surface area contributed by atoms with Crippen molar-refractivity contribution >= 4 is 17.8 Å². The number of amides is 1. The van der Waals surface area contributed by atoms with E-state index in [2.05, 4.69) is 10.5 Å². The topological polar surface area (TPSA) is 106 Å². The van der Waals surface area contributed by atoms with E-state index in [1.165, 1.54) is 20.4 Å². The third kappa shape index (κ3) is 3.70. The number of hydrazone groups is 1. The lowest BCUT2D eigenvalue weighted by Gasteiger charge is -2.09. The molecule has 0 bridgehead atoms. The molecule has 0 atom stereocenters. The van der Waals surface area contributed by atoms with E-state index >= 15 is 0 Å². The van der Waals surface area contributed by atoms with Crippen LogP contribution in [0.1, 0.15) is 15.9 Å². The Bertz CT molecular complexity index is 719. The quantitative estimate of drug-likeness (QED) is 0.443. The number of carbonyl (C=O) groups excluding carboxylic acids is 1. The lowest BCUT2D eigenvalue weighted by Crippen LogP contribution is -2.19. The van der Waals surface area contributed by atoms with Gasteiger partial charge < -0.3 is 20.3 Å². The van der Waals surface area contributed by atoms with Crippen LogP contribution in [-0.2, 0) is 0 Å². The number of methoxy groups -OCH3 is 2. The number of hydrogen-bond acceptors (Lipinski definition) is 6. The molecule has 1 amide bonds. The van der Waals surface area contributed by atoms with Gasteiger partial charge in [-0.15, -0.1) is 0 Å². The van der Waals surface area contributed by atoms with Gasteiger partial charge in [-0.05, 0) is 24.3 Å². The number of phenols is 1. The van der Waals surface area contributed by atoms with Gasteiger partial charge in [-0.3, -0.25) is 4.79 Å². The molecule has 0 saturated heterocycles. The van der Waals surface area contributed by atoms with Gasteiger partial charge in [0.15, 0.2) is 11.5 Å². The molecule has 0 aromatic heterocycles. The monoisotopic (exact) mass is 315 g/mol. The van der Waals surface area contributed by atoms with Crippen molar-refractivity contribution in [3.8, 4) is 17.2 Å². The number of anilines is 1. The lowest BCUT2D eigenvalue weighted by atomic mass is 10.2. The highest BCUT2D eigenvalue weighted by atomic mass is 16.5. The largest absolute Gasteiger partial charge is 0.502 e. The van der Waals surface area contributed by atoms with Gasteiger partial charge >= 0.3 is 0 Å². The van der Waals surface area contributed by atoms with Crippen molar-refractivity contribution in [1.82, 2.24) is 5.43 Å². The molecule has 0 aliphatic heterocycles. The van der Waals surface area contributed by atoms with E-state index in [1.807, 2.05) is 0 Å². The van der Waals surface area contributed by atoms with E-state index in [-0.39, 0.29) is 17.2 Å². The molecule has 0 heterocycles. The Morgan fingerprint density at radius 3 is 2.39 bits per heavy atom. The molecule has 0 saturated carbocycles. The highest BCUT2D eigenvalue weighted by molar-refractivity contribution is 5.99. The zero-order valence-electron chi connectivity index (χ0n) is 12.7. The van der Waals surface area contributed by atoms with Crippen LogP contribution in [-0.4, -0.2) is 31.4 Å². The Balaban J connectivity index is 2.15. The van der Waals surface area contributed by atoms with Gasteiger partial charge in [0, 0.05) is 11.3 Å². The fraction of sp³-hybridized carbons (Fsp3) is 0.125. The summed E-state index contributed by atoms with van der Waals surface area (Å²) in [5.41, 5.74) is 9.40. The molecule has 0 fully saturated rings. The summed E-state index contributed by atoms with van der Waals surface area (Å²) >= 11 is 0. The summed E-state index contributed by atoms with van der Waals surface area (Å²) in [7, 11) is 2.85. The van der Waals surface area contributed by atoms with Crippen molar-refractivity contribution in [1.29, 1.82) is 0 Å². The number of nitrogens with two attached hydrogens (primary N) is 1. The van der Waals surface area contributed by atoms with Crippen LogP contribution in [0, 0.1) is 0 Å². The van der Waals surface area contributed by atoms with Gasteiger partial charge in [-0.1, -0.05) is 12.1 Å². The van der Waals surface area contributed by atoms with Gasteiger partial charge in [0.2, 0.25) is 5.75 Å². The van der Waals surface area contributed by atoms with Crippen molar-refractivity contribution < 1.29 is 19.4 Å². The summed E-state index contributed by atoms with van der Waals surface area (Å²) in [4.78, 5) is 12.0. The molecular weight excluding hydrogens is 298 g/mol. The molecule has 0 spiro atoms. The highest BCUT2D eigenvalue weighted by Crippen LogP contribution is 2.36. The lowest BCUT2D eigenvalue weighted by molar-refractivity contribution is 0.0956. The van der Waals surface area contributed by atoms with E-state index in [0.717, 1.165) is 0 Å². The van der Waals surface area contributed by atoms with Crippen molar-refractivity contribution in [2.75, 3.05) is 20.0 Å². The van der Waals surface area contributed by atoms with E-state index < -0.39 is 5.91 Å². The second-order valence-electron chi connectivity index (χ2n) is 4.56. The normalized spacial score (nSPS) is 10.5. The molecule has 0 unspecified atom stereocenters. The Kier molecular flexibility index (Phi) is 5.03. The molecule has 2 rings (SSSR count). The first-order valence-electron chi connectivity index (χ1n) is 6.69. The average molecular weight is 315 g/mol. The molecule has 2 aromatic carbocycles. The molecule has 0 aliphatic rings. The zero-order chi connectivity index (χ0) is 16.8. The molecule has 23 heavy (non-hydrogen) atoms. The number of ether oxygens (including phenoxy) is 2. The molecule has 4 N–H and O–H groups in total. The summed E-state index contributed by atoms with van der Waals surface area (Å²) in [6.07, 6.45) is 1.40. The zero-order valence-corrected chi connectivity index (χ0v) is 12.7. The second kappa shape index (κ2) is 7.17. The molecule has 7 nitrogen and oxygen atoms in total. The third-order valence-electron chi connectivity index (χ3n) is 3.09. The summed E-state index contributed by atoms with van der Waals surface area (Å²) in [6.45, 7) is 0. The maximum absolute atomic E-state index is 12.0. The van der Waals surface area contributed by atoms with Crippen molar-refractivity contribution in [3.63, 3.8) is 0 Å². The number of nitrogen functional groups attached to an aromatic ring is 1. The summed E-state index contributed by atoms with van der Waals surface area (Å²) < 4.78 is 10.1. The van der Waals surface area contributed by atoms with Crippen LogP contribution < -0.4 is 20.6 Å². The molecule has 0 radical (unpaired) electrons. The number of nitrogens with zero attached hydrogens (tertiary/aromatic N) is 1. The Labute approximate surface area is 133 Å². The molecule has 120 valence electrons. The second-order valence-corrected chi connectivity index (χ2v) is 4.56. The van der Waals surface area contributed by atoms with Crippen LogP contribution >= 0.6 is 0 Å². The predicted octanol–water partition coefficient (Wildman–Crippen LogP) is 1.76. The van der Waals surface area contributed by atoms with E-state index in [0.29, 0.717) is 16.8 Å². The number of aromatic hydroxyl groups is 1. The molecule has 2 aromatic rings. The van der Waals surface area contributed by atoms with E-state index in [1.54, 1.807) is 36.4 Å². The smallest absolute Gasteiger partial charge is 0.273 e. The molecular formula is C16H17N3O4. The van der Waals surface area contributed by atoms with Gasteiger partial charge in [0.25, 0.3) is 5.91 Å². The number of hydrogen-bond donors (Lipinski definition) is 3. The SMILES string of the molecule is COc1cc(/C=N\NC(=O)c2ccccc2N)cc(OC)c1O. The summed E-state index contributed by atoms with van der Waals surface area (Å²) in [5, 5.41) is 13.7. The van der Waals surface area contributed by atoms with Crippen LogP contribution in [0.15, 0.2) is 41.5 Å². The number of rotatable bonds is 5. The number of para-hydroxylation sites is 1. The van der Waals surface area contributed by atoms with Gasteiger partial charge in [0.1, 0.15) is 0 Å².